The molecule has 26 heavy (non-hydrogen) atoms. The zero-order valence-corrected chi connectivity index (χ0v) is 14.9. The van der Waals surface area contributed by atoms with Crippen LogP contribution in [0.5, 0.6) is 11.5 Å². The van der Waals surface area contributed by atoms with E-state index in [1.807, 2.05) is 25.1 Å². The maximum absolute atomic E-state index is 12.0. The second-order valence-corrected chi connectivity index (χ2v) is 7.63. The van der Waals surface area contributed by atoms with E-state index in [0.717, 1.165) is 52.8 Å². The molecule has 0 radical (unpaired) electrons. The second kappa shape index (κ2) is 6.50. The Bertz CT molecular complexity index is 964. The Morgan fingerprint density at radius 1 is 1.23 bits per heavy atom. The van der Waals surface area contributed by atoms with Gasteiger partial charge in [-0.05, 0) is 66.8 Å². The van der Waals surface area contributed by atoms with Gasteiger partial charge in [0.15, 0.2) is 0 Å². The van der Waals surface area contributed by atoms with Gasteiger partial charge in [-0.3, -0.25) is 14.9 Å². The predicted octanol–water partition coefficient (Wildman–Crippen LogP) is 4.04. The molecule has 0 spiro atoms. The number of nitrogens with zero attached hydrogens (tertiary/aromatic N) is 1. The number of hydrogen-bond donors (Lipinski definition) is 1. The molecule has 6 heteroatoms. The number of thioether (sulfide) groups is 1. The quantitative estimate of drug-likeness (QED) is 0.889. The summed E-state index contributed by atoms with van der Waals surface area (Å²) >= 11 is 1.09. The number of carbonyl (C=O) groups is 2. The van der Waals surface area contributed by atoms with Gasteiger partial charge in [0.05, 0.1) is 11.6 Å². The third-order valence-corrected chi connectivity index (χ3v) is 5.97. The maximum Gasteiger partial charge on any atom is 0.286 e. The number of hydrogen-bond acceptors (Lipinski definition) is 5. The summed E-state index contributed by atoms with van der Waals surface area (Å²) in [6.07, 6.45) is 1.72. The van der Waals surface area contributed by atoms with Gasteiger partial charge in [0.2, 0.25) is 5.91 Å². The molecule has 1 fully saturated rings. The average molecular weight is 364 g/mol. The van der Waals surface area contributed by atoms with E-state index in [2.05, 4.69) is 11.4 Å². The van der Waals surface area contributed by atoms with E-state index in [0.29, 0.717) is 5.56 Å². The van der Waals surface area contributed by atoms with Crippen LogP contribution in [-0.2, 0) is 11.2 Å². The standard InChI is InChI=1S/C20H16N2O3S/c1-11-8-12(10-21)2-7-17(11)25-14-4-6-15-13(9-14)3-5-16(15)18-19(23)22-20(24)26-18/h2,4,6-9,16,18H,3,5H2,1H3,(H,22,23,24)/t16-,18?/m1/s1. The SMILES string of the molecule is Cc1cc(C#N)ccc1Oc1ccc2c(c1)CC[C@H]2C1SC(=O)NC1=O. The fourth-order valence-electron chi connectivity index (χ4n) is 3.60. The van der Waals surface area contributed by atoms with E-state index in [4.69, 9.17) is 10.00 Å². The number of fused-ring (bicyclic) bond motifs is 1. The first-order valence-corrected chi connectivity index (χ1v) is 9.26. The van der Waals surface area contributed by atoms with Crippen molar-refractivity contribution < 1.29 is 14.3 Å². The van der Waals surface area contributed by atoms with Crippen molar-refractivity contribution >= 4 is 22.9 Å². The highest BCUT2D eigenvalue weighted by molar-refractivity contribution is 8.15. The van der Waals surface area contributed by atoms with Gasteiger partial charge in [-0.2, -0.15) is 5.26 Å². The number of benzene rings is 2. The third kappa shape index (κ3) is 2.95. The molecule has 1 unspecified atom stereocenters. The first-order chi connectivity index (χ1) is 12.5. The van der Waals surface area contributed by atoms with Crippen molar-refractivity contribution in [2.75, 3.05) is 0 Å². The largest absolute Gasteiger partial charge is 0.457 e. The fraction of sp³-hybridized carbons (Fsp3) is 0.250. The first-order valence-electron chi connectivity index (χ1n) is 8.38. The summed E-state index contributed by atoms with van der Waals surface area (Å²) in [6.45, 7) is 1.91. The molecule has 2 aromatic carbocycles. The summed E-state index contributed by atoms with van der Waals surface area (Å²) in [4.78, 5) is 23.4. The Labute approximate surface area is 155 Å². The van der Waals surface area contributed by atoms with Gasteiger partial charge < -0.3 is 4.74 Å². The van der Waals surface area contributed by atoms with Crippen LogP contribution in [0.25, 0.3) is 0 Å². The number of amides is 2. The molecule has 2 amide bonds. The Kier molecular flexibility index (Phi) is 4.17. The highest BCUT2D eigenvalue weighted by Gasteiger charge is 2.41. The Morgan fingerprint density at radius 2 is 2.08 bits per heavy atom. The van der Waals surface area contributed by atoms with Crippen molar-refractivity contribution in [2.24, 2.45) is 0 Å². The topological polar surface area (TPSA) is 79.2 Å². The molecule has 5 nitrogen and oxygen atoms in total. The van der Waals surface area contributed by atoms with Crippen molar-refractivity contribution in [3.05, 3.63) is 58.7 Å². The minimum atomic E-state index is -0.337. The average Bonchev–Trinajstić information content (AvgIpc) is 3.18. The highest BCUT2D eigenvalue weighted by Crippen LogP contribution is 2.43. The molecule has 2 atom stereocenters. The van der Waals surface area contributed by atoms with Gasteiger partial charge in [0.25, 0.3) is 5.24 Å². The lowest BCUT2D eigenvalue weighted by Crippen LogP contribution is -2.27. The molecule has 2 aliphatic rings. The van der Waals surface area contributed by atoms with Crippen molar-refractivity contribution in [3.8, 4) is 17.6 Å². The maximum atomic E-state index is 12.0. The van der Waals surface area contributed by atoms with E-state index in [1.165, 1.54) is 0 Å². The molecular formula is C20H16N2O3S. The van der Waals surface area contributed by atoms with Crippen LogP contribution in [0.1, 0.15) is 34.6 Å². The van der Waals surface area contributed by atoms with Gasteiger partial charge in [0, 0.05) is 5.92 Å². The van der Waals surface area contributed by atoms with Gasteiger partial charge in [-0.25, -0.2) is 0 Å². The number of nitrogens with one attached hydrogen (secondary N) is 1. The Hall–Kier alpha value is -2.78. The molecule has 1 heterocycles. The number of nitriles is 1. The number of rotatable bonds is 3. The third-order valence-electron chi connectivity index (χ3n) is 4.85. The van der Waals surface area contributed by atoms with E-state index >= 15 is 0 Å². The highest BCUT2D eigenvalue weighted by atomic mass is 32.2. The number of aryl methyl sites for hydroxylation is 2. The number of imide groups is 1. The summed E-state index contributed by atoms with van der Waals surface area (Å²) < 4.78 is 5.98. The molecule has 130 valence electrons. The smallest absolute Gasteiger partial charge is 0.286 e. The normalized spacial score (nSPS) is 21.2. The van der Waals surface area contributed by atoms with Gasteiger partial charge in [-0.15, -0.1) is 0 Å². The minimum absolute atomic E-state index is 0.0622. The second-order valence-electron chi connectivity index (χ2n) is 6.52. The Morgan fingerprint density at radius 3 is 2.77 bits per heavy atom. The van der Waals surface area contributed by atoms with Crippen molar-refractivity contribution in [1.82, 2.24) is 5.32 Å². The zero-order chi connectivity index (χ0) is 18.3. The summed E-state index contributed by atoms with van der Waals surface area (Å²) in [6, 6.07) is 13.4. The summed E-state index contributed by atoms with van der Waals surface area (Å²) in [5, 5.41) is 10.7. The molecule has 0 bridgehead atoms. The lowest BCUT2D eigenvalue weighted by Gasteiger charge is -2.16. The predicted molar refractivity (Wildman–Crippen MR) is 98.4 cm³/mol. The molecule has 1 saturated heterocycles. The van der Waals surface area contributed by atoms with E-state index < -0.39 is 0 Å². The molecule has 0 aromatic heterocycles. The first kappa shape index (κ1) is 16.7. The number of ether oxygens (including phenoxy) is 1. The summed E-state index contributed by atoms with van der Waals surface area (Å²) in [5.41, 5.74) is 3.79. The van der Waals surface area contributed by atoms with Crippen molar-refractivity contribution in [3.63, 3.8) is 0 Å². The lowest BCUT2D eigenvalue weighted by atomic mass is 9.97. The van der Waals surface area contributed by atoms with Gasteiger partial charge in [0.1, 0.15) is 16.7 Å². The summed E-state index contributed by atoms with van der Waals surface area (Å²) in [7, 11) is 0. The molecule has 1 N–H and O–H groups in total. The Balaban J connectivity index is 1.56. The van der Waals surface area contributed by atoms with Crippen LogP contribution in [0.3, 0.4) is 0 Å². The monoisotopic (exact) mass is 364 g/mol. The van der Waals surface area contributed by atoms with Crippen LogP contribution in [0.15, 0.2) is 36.4 Å². The fourth-order valence-corrected chi connectivity index (χ4v) is 4.60. The van der Waals surface area contributed by atoms with Crippen LogP contribution >= 0.6 is 11.8 Å². The molecule has 0 saturated carbocycles. The van der Waals surface area contributed by atoms with Crippen LogP contribution in [0, 0.1) is 18.3 Å². The van der Waals surface area contributed by atoms with Crippen LogP contribution < -0.4 is 10.1 Å². The number of carbonyl (C=O) groups excluding carboxylic acids is 2. The minimum Gasteiger partial charge on any atom is -0.457 e. The molecule has 1 aliphatic carbocycles. The zero-order valence-electron chi connectivity index (χ0n) is 14.1. The molecule has 2 aromatic rings. The van der Waals surface area contributed by atoms with Crippen LogP contribution in [-0.4, -0.2) is 16.4 Å². The summed E-state index contributed by atoms with van der Waals surface area (Å²) in [5.74, 6) is 1.32. The van der Waals surface area contributed by atoms with Crippen LogP contribution in [0.2, 0.25) is 0 Å². The van der Waals surface area contributed by atoms with Crippen molar-refractivity contribution in [2.45, 2.75) is 30.9 Å². The molecule has 1 aliphatic heterocycles. The van der Waals surface area contributed by atoms with Gasteiger partial charge >= 0.3 is 0 Å². The van der Waals surface area contributed by atoms with Crippen molar-refractivity contribution in [1.29, 1.82) is 5.26 Å². The molecular weight excluding hydrogens is 348 g/mol. The van der Waals surface area contributed by atoms with E-state index in [9.17, 15) is 9.59 Å². The lowest BCUT2D eigenvalue weighted by molar-refractivity contribution is -0.119. The molecule has 4 rings (SSSR count). The van der Waals surface area contributed by atoms with Crippen LogP contribution in [0.4, 0.5) is 4.79 Å². The van der Waals surface area contributed by atoms with E-state index in [1.54, 1.807) is 18.2 Å². The van der Waals surface area contributed by atoms with Gasteiger partial charge in [-0.1, -0.05) is 17.8 Å². The van der Waals surface area contributed by atoms with E-state index in [-0.39, 0.29) is 22.3 Å².